The lowest BCUT2D eigenvalue weighted by Gasteiger charge is -2.34. The zero-order valence-electron chi connectivity index (χ0n) is 20.6. The second-order valence-electron chi connectivity index (χ2n) is 9.14. The van der Waals surface area contributed by atoms with E-state index < -0.39 is 29.7 Å². The van der Waals surface area contributed by atoms with E-state index in [-0.39, 0.29) is 17.3 Å². The number of aromatic nitrogens is 4. The molecule has 37 heavy (non-hydrogen) atoms. The van der Waals surface area contributed by atoms with Gasteiger partial charge in [-0.15, -0.1) is 0 Å². The third-order valence-electron chi connectivity index (χ3n) is 6.54. The Morgan fingerprint density at radius 3 is 2.57 bits per heavy atom. The molecule has 1 saturated heterocycles. The topological polar surface area (TPSA) is 63.9 Å². The first kappa shape index (κ1) is 26.2. The summed E-state index contributed by atoms with van der Waals surface area (Å²) in [5, 5.41) is 0. The molecule has 194 valence electrons. The summed E-state index contributed by atoms with van der Waals surface area (Å²) in [5.74, 6) is -0.486. The van der Waals surface area contributed by atoms with Crippen molar-refractivity contribution >= 4 is 16.9 Å². The number of hydrogen-bond acceptors (Lipinski definition) is 5. The fourth-order valence-electron chi connectivity index (χ4n) is 4.81. The van der Waals surface area contributed by atoms with Gasteiger partial charge in [-0.25, -0.2) is 9.37 Å². The second kappa shape index (κ2) is 10.3. The monoisotopic (exact) mass is 513 g/mol. The molecule has 3 aromatic rings. The first-order valence-corrected chi connectivity index (χ1v) is 11.8. The maximum absolute atomic E-state index is 14.4. The van der Waals surface area contributed by atoms with Crippen molar-refractivity contribution in [2.24, 2.45) is 5.92 Å². The molecule has 0 aromatic carbocycles. The summed E-state index contributed by atoms with van der Waals surface area (Å²) in [5.41, 5.74) is 0.868. The molecule has 0 saturated carbocycles. The van der Waals surface area contributed by atoms with Crippen molar-refractivity contribution in [2.75, 3.05) is 18.0 Å². The molecule has 0 spiro atoms. The van der Waals surface area contributed by atoms with Gasteiger partial charge in [0.05, 0.1) is 23.5 Å². The van der Waals surface area contributed by atoms with Gasteiger partial charge in [-0.1, -0.05) is 18.7 Å². The maximum atomic E-state index is 14.4. The van der Waals surface area contributed by atoms with Crippen LogP contribution in [0.25, 0.3) is 11.2 Å². The van der Waals surface area contributed by atoms with Crippen LogP contribution in [0.1, 0.15) is 36.7 Å². The maximum Gasteiger partial charge on any atom is 0.418 e. The average molecular weight is 514 g/mol. The zero-order valence-corrected chi connectivity index (χ0v) is 20.6. The molecule has 4 rings (SSSR count). The number of hydrogen-bond donors (Lipinski definition) is 0. The third-order valence-corrected chi connectivity index (χ3v) is 6.54. The second-order valence-corrected chi connectivity index (χ2v) is 9.14. The molecule has 3 aromatic heterocycles. The molecule has 1 fully saturated rings. The van der Waals surface area contributed by atoms with E-state index in [2.05, 4.69) is 28.1 Å². The predicted octanol–water partition coefficient (Wildman–Crippen LogP) is 5.76. The van der Waals surface area contributed by atoms with Crippen molar-refractivity contribution in [1.82, 2.24) is 19.5 Å². The standard InChI is InChI=1S/C27H27F4N5O/c1-5-20(28)24(16(2)3)18-8-11-35(12-9-18)23-13-21-25(34-17(4)14-33-21)36(26(23)37)15-22-19(27(29,30)31)7-6-10-32-22/h5-7,10,13-14,18H,1-2,8-9,11-12,15H2,3-4H3/b24-20-. The molecule has 0 atom stereocenters. The fourth-order valence-corrected chi connectivity index (χ4v) is 4.81. The van der Waals surface area contributed by atoms with Crippen LogP contribution in [-0.4, -0.2) is 32.6 Å². The predicted molar refractivity (Wildman–Crippen MR) is 135 cm³/mol. The first-order chi connectivity index (χ1) is 17.5. The van der Waals surface area contributed by atoms with Crippen molar-refractivity contribution in [3.63, 3.8) is 0 Å². The van der Waals surface area contributed by atoms with E-state index in [9.17, 15) is 22.4 Å². The van der Waals surface area contributed by atoms with E-state index in [1.165, 1.54) is 29.1 Å². The summed E-state index contributed by atoms with van der Waals surface area (Å²) in [4.78, 5) is 28.3. The Hall–Kier alpha value is -3.82. The van der Waals surface area contributed by atoms with Crippen molar-refractivity contribution in [3.8, 4) is 0 Å². The van der Waals surface area contributed by atoms with Crippen molar-refractivity contribution in [3.05, 3.63) is 94.1 Å². The zero-order chi connectivity index (χ0) is 26.9. The largest absolute Gasteiger partial charge is 0.418 e. The van der Waals surface area contributed by atoms with Gasteiger partial charge in [0.15, 0.2) is 5.65 Å². The lowest BCUT2D eigenvalue weighted by atomic mass is 9.85. The van der Waals surface area contributed by atoms with Crippen LogP contribution in [0.2, 0.25) is 0 Å². The number of nitrogens with zero attached hydrogens (tertiary/aromatic N) is 5. The number of piperidine rings is 1. The number of allylic oxidation sites excluding steroid dienone is 4. The van der Waals surface area contributed by atoms with E-state index in [0.29, 0.717) is 54.0 Å². The van der Waals surface area contributed by atoms with Crippen molar-refractivity contribution < 1.29 is 17.6 Å². The van der Waals surface area contributed by atoms with Gasteiger partial charge in [0.1, 0.15) is 17.0 Å². The minimum absolute atomic E-state index is 0.0836. The summed E-state index contributed by atoms with van der Waals surface area (Å²) in [6.07, 6.45) is 0.485. The van der Waals surface area contributed by atoms with Crippen LogP contribution in [0.3, 0.4) is 0 Å². The number of anilines is 1. The molecule has 1 aliphatic rings. The Balaban J connectivity index is 1.75. The Labute approximate surface area is 211 Å². The van der Waals surface area contributed by atoms with Gasteiger partial charge in [0.2, 0.25) is 0 Å². The van der Waals surface area contributed by atoms with Gasteiger partial charge < -0.3 is 4.90 Å². The molecule has 0 aliphatic carbocycles. The van der Waals surface area contributed by atoms with E-state index >= 15 is 0 Å². The Morgan fingerprint density at radius 1 is 1.24 bits per heavy atom. The molecule has 0 N–H and O–H groups in total. The minimum atomic E-state index is -4.63. The molecule has 0 unspecified atom stereocenters. The lowest BCUT2D eigenvalue weighted by molar-refractivity contribution is -0.138. The fraction of sp³-hybridized carbons (Fsp3) is 0.333. The molecule has 10 heteroatoms. The van der Waals surface area contributed by atoms with E-state index in [1.807, 2.05) is 4.90 Å². The lowest BCUT2D eigenvalue weighted by Crippen LogP contribution is -2.39. The van der Waals surface area contributed by atoms with Crippen LogP contribution < -0.4 is 10.5 Å². The average Bonchev–Trinajstić information content (AvgIpc) is 2.85. The normalized spacial score (nSPS) is 15.6. The van der Waals surface area contributed by atoms with Crippen LogP contribution in [0.15, 0.2) is 71.6 Å². The number of aryl methyl sites for hydroxylation is 1. The van der Waals surface area contributed by atoms with Gasteiger partial charge in [-0.05, 0) is 62.5 Å². The number of fused-ring (bicyclic) bond motifs is 1. The van der Waals surface area contributed by atoms with Gasteiger partial charge in [-0.3, -0.25) is 19.3 Å². The molecule has 0 bridgehead atoms. The Morgan fingerprint density at radius 2 is 1.95 bits per heavy atom. The highest BCUT2D eigenvalue weighted by Crippen LogP contribution is 2.34. The summed E-state index contributed by atoms with van der Waals surface area (Å²) in [6, 6.07) is 3.76. The van der Waals surface area contributed by atoms with Gasteiger partial charge in [0.25, 0.3) is 5.56 Å². The summed E-state index contributed by atoms with van der Waals surface area (Å²) >= 11 is 0. The number of alkyl halides is 3. The van der Waals surface area contributed by atoms with Gasteiger partial charge >= 0.3 is 6.18 Å². The minimum Gasteiger partial charge on any atom is -0.367 e. The highest BCUT2D eigenvalue weighted by molar-refractivity contribution is 5.75. The Kier molecular flexibility index (Phi) is 7.29. The summed E-state index contributed by atoms with van der Waals surface area (Å²) in [6.45, 7) is 11.3. The van der Waals surface area contributed by atoms with Crippen molar-refractivity contribution in [2.45, 2.75) is 39.4 Å². The van der Waals surface area contributed by atoms with E-state index in [1.54, 1.807) is 19.9 Å². The molecule has 0 amide bonds. The van der Waals surface area contributed by atoms with Crippen LogP contribution >= 0.6 is 0 Å². The molecular formula is C27H27F4N5O. The highest BCUT2D eigenvalue weighted by atomic mass is 19.4. The van der Waals surface area contributed by atoms with Crippen LogP contribution in [0.5, 0.6) is 0 Å². The molecule has 0 radical (unpaired) electrons. The first-order valence-electron chi connectivity index (χ1n) is 11.8. The number of pyridine rings is 2. The van der Waals surface area contributed by atoms with Crippen molar-refractivity contribution in [1.29, 1.82) is 0 Å². The summed E-state index contributed by atoms with van der Waals surface area (Å²) in [7, 11) is 0. The number of halogens is 4. The van der Waals surface area contributed by atoms with Gasteiger partial charge in [0, 0.05) is 25.5 Å². The molecular weight excluding hydrogens is 486 g/mol. The summed E-state index contributed by atoms with van der Waals surface area (Å²) < 4.78 is 56.5. The highest BCUT2D eigenvalue weighted by Gasteiger charge is 2.34. The van der Waals surface area contributed by atoms with Crippen LogP contribution in [0.4, 0.5) is 23.2 Å². The smallest absolute Gasteiger partial charge is 0.367 e. The quantitative estimate of drug-likeness (QED) is 0.310. The molecule has 4 heterocycles. The number of rotatable bonds is 6. The van der Waals surface area contributed by atoms with E-state index in [0.717, 1.165) is 6.07 Å². The SMILES string of the molecule is C=C/C(F)=C(\C(=C)C)C1CCN(c2cc3ncc(C)nc3n(Cc3ncccc3C(F)(F)F)c2=O)CC1. The van der Waals surface area contributed by atoms with Gasteiger partial charge in [-0.2, -0.15) is 13.2 Å². The Bertz CT molecular complexity index is 1450. The van der Waals surface area contributed by atoms with E-state index in [4.69, 9.17) is 0 Å². The third kappa shape index (κ3) is 5.33. The van der Waals surface area contributed by atoms with Crippen LogP contribution in [0, 0.1) is 12.8 Å². The van der Waals surface area contributed by atoms with Crippen LogP contribution in [-0.2, 0) is 12.7 Å². The molecule has 1 aliphatic heterocycles. The molecule has 6 nitrogen and oxygen atoms in total.